The summed E-state index contributed by atoms with van der Waals surface area (Å²) in [4.78, 5) is 27.5. The summed E-state index contributed by atoms with van der Waals surface area (Å²) < 4.78 is 12.6. The molecular formula is C22H29N7O5. The number of hydrogen-bond donors (Lipinski definition) is 4. The van der Waals surface area contributed by atoms with Gasteiger partial charge in [0.1, 0.15) is 24.3 Å². The van der Waals surface area contributed by atoms with Crippen molar-refractivity contribution in [2.75, 3.05) is 32.7 Å². The van der Waals surface area contributed by atoms with Crippen LogP contribution < -0.4 is 20.7 Å². The van der Waals surface area contributed by atoms with Crippen LogP contribution in [0.1, 0.15) is 11.8 Å². The summed E-state index contributed by atoms with van der Waals surface area (Å²) in [7, 11) is 5.25. The quantitative estimate of drug-likeness (QED) is 0.328. The monoisotopic (exact) mass is 471 g/mol. The summed E-state index contributed by atoms with van der Waals surface area (Å²) in [5.74, 6) is 0.861. The van der Waals surface area contributed by atoms with Gasteiger partial charge in [-0.3, -0.25) is 9.36 Å². The lowest BCUT2D eigenvalue weighted by atomic mass is 10.0. The van der Waals surface area contributed by atoms with Crippen LogP contribution in [0.3, 0.4) is 0 Å². The Morgan fingerprint density at radius 2 is 2.03 bits per heavy atom. The summed E-state index contributed by atoms with van der Waals surface area (Å²) >= 11 is 0. The van der Waals surface area contributed by atoms with Gasteiger partial charge in [-0.05, 0) is 24.1 Å². The van der Waals surface area contributed by atoms with Crippen LogP contribution in [0.25, 0.3) is 11.2 Å². The molecule has 1 aliphatic rings. The second-order valence-electron chi connectivity index (χ2n) is 8.35. The Bertz CT molecular complexity index is 1140. The van der Waals surface area contributed by atoms with Crippen molar-refractivity contribution in [1.29, 1.82) is 0 Å². The number of nitrogens with one attached hydrogen (secondary N) is 1. The molecule has 0 spiro atoms. The molecular weight excluding hydrogens is 442 g/mol. The van der Waals surface area contributed by atoms with Gasteiger partial charge < -0.3 is 35.6 Å². The molecule has 1 amide bonds. The number of benzene rings is 1. The maximum absolute atomic E-state index is 12.8. The fourth-order valence-electron chi connectivity index (χ4n) is 4.04. The fraction of sp³-hybridized carbons (Fsp3) is 0.455. The summed E-state index contributed by atoms with van der Waals surface area (Å²) in [6, 6.07) is 5.52. The molecule has 34 heavy (non-hydrogen) atoms. The van der Waals surface area contributed by atoms with Crippen molar-refractivity contribution in [2.24, 2.45) is 5.73 Å². The van der Waals surface area contributed by atoms with Gasteiger partial charge >= 0.3 is 0 Å². The van der Waals surface area contributed by atoms with Crippen molar-refractivity contribution in [2.45, 2.75) is 36.9 Å². The average Bonchev–Trinajstić information content (AvgIpc) is 3.40. The van der Waals surface area contributed by atoms with E-state index in [9.17, 15) is 15.0 Å². The number of hydrogen-bond acceptors (Lipinski definition) is 10. The number of aliphatic hydroxyl groups is 2. The lowest BCUT2D eigenvalue weighted by Gasteiger charge is -2.23. The smallest absolute Gasteiger partial charge is 0.237 e. The average molecular weight is 472 g/mol. The molecule has 0 unspecified atom stereocenters. The molecule has 2 aromatic heterocycles. The molecule has 12 nitrogen and oxygen atoms in total. The Labute approximate surface area is 196 Å². The molecule has 1 saturated heterocycles. The van der Waals surface area contributed by atoms with Gasteiger partial charge in [0.05, 0.1) is 32.1 Å². The van der Waals surface area contributed by atoms with Gasteiger partial charge in [0.15, 0.2) is 23.2 Å². The highest BCUT2D eigenvalue weighted by atomic mass is 16.5. The van der Waals surface area contributed by atoms with Crippen molar-refractivity contribution < 1.29 is 24.5 Å². The van der Waals surface area contributed by atoms with E-state index in [-0.39, 0.29) is 0 Å². The third-order valence-electron chi connectivity index (χ3n) is 5.85. The van der Waals surface area contributed by atoms with Crippen molar-refractivity contribution in [3.63, 3.8) is 0 Å². The minimum atomic E-state index is -1.18. The van der Waals surface area contributed by atoms with E-state index < -0.39 is 43.0 Å². The second kappa shape index (κ2) is 9.89. The molecule has 1 aliphatic heterocycles. The predicted octanol–water partition coefficient (Wildman–Crippen LogP) is -0.794. The van der Waals surface area contributed by atoms with Gasteiger partial charge in [0.25, 0.3) is 0 Å². The highest BCUT2D eigenvalue weighted by molar-refractivity contribution is 5.83. The SMILES string of the molecule is COc1ccc(C[C@@H](N)C(=O)N[C@H]2[C@@H](O)[C@@H](n3cnc4c(N(C)C)ncnc43)O[C@@H]2CO)cc1. The predicted molar refractivity (Wildman–Crippen MR) is 123 cm³/mol. The first-order valence-electron chi connectivity index (χ1n) is 10.8. The van der Waals surface area contributed by atoms with Crippen LogP contribution in [0.15, 0.2) is 36.9 Å². The largest absolute Gasteiger partial charge is 0.497 e. The molecule has 5 atom stereocenters. The van der Waals surface area contributed by atoms with Crippen molar-refractivity contribution in [3.8, 4) is 5.75 Å². The number of methoxy groups -OCH3 is 1. The lowest BCUT2D eigenvalue weighted by Crippen LogP contribution is -2.53. The number of fused-ring (bicyclic) bond motifs is 1. The van der Waals surface area contributed by atoms with E-state index >= 15 is 0 Å². The fourth-order valence-corrected chi connectivity index (χ4v) is 4.04. The van der Waals surface area contributed by atoms with E-state index in [4.69, 9.17) is 15.2 Å². The first-order chi connectivity index (χ1) is 16.3. The highest BCUT2D eigenvalue weighted by Crippen LogP contribution is 2.32. The maximum atomic E-state index is 12.8. The first kappa shape index (κ1) is 23.8. The molecule has 0 bridgehead atoms. The molecule has 1 fully saturated rings. The van der Waals surface area contributed by atoms with Gasteiger partial charge in [0, 0.05) is 14.1 Å². The van der Waals surface area contributed by atoms with Crippen LogP contribution in [0, 0.1) is 0 Å². The van der Waals surface area contributed by atoms with E-state index in [1.54, 1.807) is 28.7 Å². The topological polar surface area (TPSA) is 161 Å². The highest BCUT2D eigenvalue weighted by Gasteiger charge is 2.46. The normalized spacial score (nSPS) is 23.1. The molecule has 0 aliphatic carbocycles. The number of aromatic nitrogens is 4. The Balaban J connectivity index is 1.49. The number of amides is 1. The number of carbonyl (C=O) groups is 1. The number of carbonyl (C=O) groups excluding carboxylic acids is 1. The van der Waals surface area contributed by atoms with E-state index in [1.165, 1.54) is 12.7 Å². The van der Waals surface area contributed by atoms with Crippen LogP contribution in [-0.4, -0.2) is 87.7 Å². The molecule has 3 heterocycles. The van der Waals surface area contributed by atoms with E-state index in [2.05, 4.69) is 20.3 Å². The van der Waals surface area contributed by atoms with Gasteiger partial charge in [-0.15, -0.1) is 0 Å². The molecule has 0 radical (unpaired) electrons. The Hall–Kier alpha value is -3.32. The number of aliphatic hydroxyl groups excluding tert-OH is 2. The first-order valence-corrected chi connectivity index (χ1v) is 10.8. The molecule has 12 heteroatoms. The zero-order valence-electron chi connectivity index (χ0n) is 19.2. The summed E-state index contributed by atoms with van der Waals surface area (Å²) in [5, 5.41) is 23.6. The number of nitrogens with two attached hydrogens (primary N) is 1. The molecule has 3 aromatic rings. The van der Waals surface area contributed by atoms with E-state index in [0.29, 0.717) is 29.2 Å². The number of ether oxygens (including phenoxy) is 2. The number of rotatable bonds is 8. The molecule has 182 valence electrons. The van der Waals surface area contributed by atoms with Crippen LogP contribution in [0.5, 0.6) is 5.75 Å². The van der Waals surface area contributed by atoms with Crippen molar-refractivity contribution in [1.82, 2.24) is 24.8 Å². The number of nitrogens with zero attached hydrogens (tertiary/aromatic N) is 5. The van der Waals surface area contributed by atoms with Gasteiger partial charge in [-0.1, -0.05) is 12.1 Å². The Kier molecular flexibility index (Phi) is 6.93. The van der Waals surface area contributed by atoms with Crippen LogP contribution in [0.4, 0.5) is 5.82 Å². The minimum absolute atomic E-state index is 0.295. The summed E-state index contributed by atoms with van der Waals surface area (Å²) in [6.07, 6.45) is 0.250. The van der Waals surface area contributed by atoms with Crippen LogP contribution in [-0.2, 0) is 16.0 Å². The summed E-state index contributed by atoms with van der Waals surface area (Å²) in [5.41, 5.74) is 7.98. The second-order valence-corrected chi connectivity index (χ2v) is 8.35. The maximum Gasteiger partial charge on any atom is 0.237 e. The van der Waals surface area contributed by atoms with Crippen molar-refractivity contribution >= 4 is 22.9 Å². The standard InChI is InChI=1S/C22H29N7O5/c1-28(2)19-17-20(25-10-24-19)29(11-26-17)22-18(31)16(15(9-30)34-22)27-21(32)14(23)8-12-4-6-13(33-3)7-5-12/h4-7,10-11,14-16,18,22,30-31H,8-9,23H2,1-3H3,(H,27,32)/t14-,15-,16-,18-,22+/m1/s1. The van der Waals surface area contributed by atoms with Crippen LogP contribution in [0.2, 0.25) is 0 Å². The third kappa shape index (κ3) is 4.53. The molecule has 4 rings (SSSR count). The zero-order chi connectivity index (χ0) is 24.4. The van der Waals surface area contributed by atoms with Gasteiger partial charge in [-0.2, -0.15) is 0 Å². The molecule has 5 N–H and O–H groups in total. The zero-order valence-corrected chi connectivity index (χ0v) is 19.2. The van der Waals surface area contributed by atoms with E-state index in [1.807, 2.05) is 26.2 Å². The van der Waals surface area contributed by atoms with Crippen molar-refractivity contribution in [3.05, 3.63) is 42.5 Å². The Morgan fingerprint density at radius 1 is 1.29 bits per heavy atom. The lowest BCUT2D eigenvalue weighted by molar-refractivity contribution is -0.124. The minimum Gasteiger partial charge on any atom is -0.497 e. The summed E-state index contributed by atoms with van der Waals surface area (Å²) in [6.45, 7) is -0.406. The molecule has 1 aromatic carbocycles. The van der Waals surface area contributed by atoms with Gasteiger partial charge in [-0.25, -0.2) is 15.0 Å². The number of anilines is 1. The molecule has 0 saturated carbocycles. The van der Waals surface area contributed by atoms with E-state index in [0.717, 1.165) is 5.56 Å². The van der Waals surface area contributed by atoms with Gasteiger partial charge in [0.2, 0.25) is 5.91 Å². The third-order valence-corrected chi connectivity index (χ3v) is 5.85. The Morgan fingerprint density at radius 3 is 2.68 bits per heavy atom. The number of imidazole rings is 1. The van der Waals surface area contributed by atoms with Crippen LogP contribution >= 0.6 is 0 Å².